The number of carbonyl (C=O) groups excluding carboxylic acids is 1. The summed E-state index contributed by atoms with van der Waals surface area (Å²) in [5, 5.41) is 2.86. The molecule has 7 heteroatoms. The second-order valence-electron chi connectivity index (χ2n) is 7.05. The molecule has 2 heterocycles. The minimum atomic E-state index is -0.255. The number of nitrogens with zero attached hydrogens (tertiary/aromatic N) is 3. The summed E-state index contributed by atoms with van der Waals surface area (Å²) in [4.78, 5) is 31.5. The fourth-order valence-corrected chi connectivity index (χ4v) is 3.05. The van der Waals surface area contributed by atoms with Crippen LogP contribution in [0.1, 0.15) is 31.0 Å². The standard InChI is InChI=1S/C20H26N4O3/c1-14(2)16-4-6-17(7-5-16)22-18(25)13-24-19(26)12-15(3)21-20(24)23-8-10-27-11-9-23/h4-7,12,14H,8-11,13H2,1-3H3,(H,22,25). The van der Waals surface area contributed by atoms with Crippen molar-refractivity contribution in [2.24, 2.45) is 0 Å². The van der Waals surface area contributed by atoms with E-state index in [1.165, 1.54) is 16.2 Å². The summed E-state index contributed by atoms with van der Waals surface area (Å²) >= 11 is 0. The molecule has 1 aromatic carbocycles. The van der Waals surface area contributed by atoms with Gasteiger partial charge in [0.2, 0.25) is 11.9 Å². The van der Waals surface area contributed by atoms with E-state index in [1.807, 2.05) is 29.2 Å². The molecule has 0 spiro atoms. The SMILES string of the molecule is Cc1cc(=O)n(CC(=O)Nc2ccc(C(C)C)cc2)c(N2CCOCC2)n1. The minimum absolute atomic E-state index is 0.0786. The summed E-state index contributed by atoms with van der Waals surface area (Å²) in [6, 6.07) is 9.21. The van der Waals surface area contributed by atoms with E-state index in [4.69, 9.17) is 4.74 Å². The zero-order chi connectivity index (χ0) is 19.4. The fraction of sp³-hybridized carbons (Fsp3) is 0.450. The first-order chi connectivity index (χ1) is 12.9. The average molecular weight is 370 g/mol. The van der Waals surface area contributed by atoms with Gasteiger partial charge in [0.25, 0.3) is 5.56 Å². The quantitative estimate of drug-likeness (QED) is 0.873. The second-order valence-corrected chi connectivity index (χ2v) is 7.05. The van der Waals surface area contributed by atoms with Crippen molar-refractivity contribution in [1.29, 1.82) is 0 Å². The zero-order valence-electron chi connectivity index (χ0n) is 16.1. The molecule has 27 heavy (non-hydrogen) atoms. The molecule has 0 bridgehead atoms. The van der Waals surface area contributed by atoms with Gasteiger partial charge in [0, 0.05) is 30.5 Å². The molecule has 1 aliphatic rings. The molecule has 0 aliphatic carbocycles. The molecule has 1 aliphatic heterocycles. The molecule has 3 rings (SSSR count). The molecule has 1 saturated heterocycles. The average Bonchev–Trinajstić information content (AvgIpc) is 2.65. The third kappa shape index (κ3) is 4.74. The minimum Gasteiger partial charge on any atom is -0.378 e. The molecule has 0 atom stereocenters. The molecule has 1 fully saturated rings. The van der Waals surface area contributed by atoms with Crippen LogP contribution in [0.3, 0.4) is 0 Å². The van der Waals surface area contributed by atoms with Crippen LogP contribution in [0.2, 0.25) is 0 Å². The van der Waals surface area contributed by atoms with Crippen molar-refractivity contribution in [3.8, 4) is 0 Å². The maximum absolute atomic E-state index is 12.5. The Morgan fingerprint density at radius 2 is 1.89 bits per heavy atom. The maximum atomic E-state index is 12.5. The van der Waals surface area contributed by atoms with Crippen LogP contribution in [-0.4, -0.2) is 41.8 Å². The summed E-state index contributed by atoms with van der Waals surface area (Å²) in [5.74, 6) is 0.700. The van der Waals surface area contributed by atoms with E-state index >= 15 is 0 Å². The van der Waals surface area contributed by atoms with Crippen LogP contribution in [0.15, 0.2) is 35.1 Å². The predicted octanol–water partition coefficient (Wildman–Crippen LogP) is 2.15. The number of amides is 1. The topological polar surface area (TPSA) is 76.5 Å². The van der Waals surface area contributed by atoms with E-state index in [1.54, 1.807) is 6.92 Å². The largest absolute Gasteiger partial charge is 0.378 e. The van der Waals surface area contributed by atoms with Gasteiger partial charge in [0.1, 0.15) is 6.54 Å². The van der Waals surface area contributed by atoms with Crippen molar-refractivity contribution in [3.05, 3.63) is 51.9 Å². The molecule has 0 radical (unpaired) electrons. The Hall–Kier alpha value is -2.67. The van der Waals surface area contributed by atoms with Gasteiger partial charge in [-0.15, -0.1) is 0 Å². The third-order valence-electron chi connectivity index (χ3n) is 4.57. The van der Waals surface area contributed by atoms with E-state index < -0.39 is 0 Å². The number of nitrogens with one attached hydrogen (secondary N) is 1. The van der Waals surface area contributed by atoms with Gasteiger partial charge in [-0.05, 0) is 30.5 Å². The third-order valence-corrected chi connectivity index (χ3v) is 4.57. The van der Waals surface area contributed by atoms with Crippen molar-refractivity contribution in [3.63, 3.8) is 0 Å². The number of morpholine rings is 1. The first-order valence-electron chi connectivity index (χ1n) is 9.25. The number of rotatable bonds is 5. The van der Waals surface area contributed by atoms with Crippen molar-refractivity contribution >= 4 is 17.5 Å². The van der Waals surface area contributed by atoms with Gasteiger partial charge in [-0.2, -0.15) is 0 Å². The number of anilines is 2. The van der Waals surface area contributed by atoms with Gasteiger partial charge < -0.3 is 15.0 Å². The number of aryl methyl sites for hydroxylation is 1. The number of benzene rings is 1. The normalized spacial score (nSPS) is 14.4. The fourth-order valence-electron chi connectivity index (χ4n) is 3.05. The Labute approximate surface area is 159 Å². The summed E-state index contributed by atoms with van der Waals surface area (Å²) in [5.41, 5.74) is 2.34. The highest BCUT2D eigenvalue weighted by Crippen LogP contribution is 2.17. The van der Waals surface area contributed by atoms with Gasteiger partial charge in [-0.25, -0.2) is 4.98 Å². The molecule has 1 N–H and O–H groups in total. The number of carbonyl (C=O) groups is 1. The highest BCUT2D eigenvalue weighted by atomic mass is 16.5. The molecule has 144 valence electrons. The van der Waals surface area contributed by atoms with E-state index in [2.05, 4.69) is 24.1 Å². The Morgan fingerprint density at radius 1 is 1.22 bits per heavy atom. The van der Waals surface area contributed by atoms with Crippen LogP contribution < -0.4 is 15.8 Å². The zero-order valence-corrected chi connectivity index (χ0v) is 16.1. The molecule has 0 saturated carbocycles. The van der Waals surface area contributed by atoms with Crippen LogP contribution >= 0.6 is 0 Å². The maximum Gasteiger partial charge on any atom is 0.255 e. The number of ether oxygens (including phenoxy) is 1. The van der Waals surface area contributed by atoms with Gasteiger partial charge in [-0.1, -0.05) is 26.0 Å². The Kier molecular flexibility index (Phi) is 5.91. The summed E-state index contributed by atoms with van der Waals surface area (Å²) in [7, 11) is 0. The smallest absolute Gasteiger partial charge is 0.255 e. The van der Waals surface area contributed by atoms with Crippen molar-refractivity contribution in [2.75, 3.05) is 36.5 Å². The summed E-state index contributed by atoms with van der Waals surface area (Å²) in [6.45, 7) is 8.41. The van der Waals surface area contributed by atoms with Gasteiger partial charge in [-0.3, -0.25) is 14.2 Å². The predicted molar refractivity (Wildman–Crippen MR) is 105 cm³/mol. The Morgan fingerprint density at radius 3 is 2.52 bits per heavy atom. The Balaban J connectivity index is 1.77. The summed E-state index contributed by atoms with van der Waals surface area (Å²) in [6.07, 6.45) is 0. The van der Waals surface area contributed by atoms with Crippen molar-refractivity contribution < 1.29 is 9.53 Å². The molecule has 2 aromatic rings. The van der Waals surface area contributed by atoms with Crippen LogP contribution in [0.25, 0.3) is 0 Å². The number of hydrogen-bond donors (Lipinski definition) is 1. The van der Waals surface area contributed by atoms with Gasteiger partial charge in [0.05, 0.1) is 13.2 Å². The molecule has 1 amide bonds. The van der Waals surface area contributed by atoms with E-state index in [-0.39, 0.29) is 18.0 Å². The lowest BCUT2D eigenvalue weighted by Crippen LogP contribution is -2.41. The first kappa shape index (κ1) is 19.1. The lowest BCUT2D eigenvalue weighted by molar-refractivity contribution is -0.116. The van der Waals surface area contributed by atoms with Crippen LogP contribution in [0.4, 0.5) is 11.6 Å². The molecular formula is C20H26N4O3. The van der Waals surface area contributed by atoms with Crippen molar-refractivity contribution in [1.82, 2.24) is 9.55 Å². The van der Waals surface area contributed by atoms with E-state index in [9.17, 15) is 9.59 Å². The van der Waals surface area contributed by atoms with E-state index in [0.29, 0.717) is 49.6 Å². The van der Waals surface area contributed by atoms with Gasteiger partial charge in [0.15, 0.2) is 0 Å². The van der Waals surface area contributed by atoms with Crippen LogP contribution in [0.5, 0.6) is 0 Å². The number of aromatic nitrogens is 2. The Bertz CT molecular complexity index is 853. The monoisotopic (exact) mass is 370 g/mol. The first-order valence-corrected chi connectivity index (χ1v) is 9.25. The lowest BCUT2D eigenvalue weighted by Gasteiger charge is -2.29. The molecule has 1 aromatic heterocycles. The molecule has 0 unspecified atom stereocenters. The van der Waals surface area contributed by atoms with E-state index in [0.717, 1.165) is 0 Å². The van der Waals surface area contributed by atoms with Crippen LogP contribution in [-0.2, 0) is 16.1 Å². The summed E-state index contributed by atoms with van der Waals surface area (Å²) < 4.78 is 6.80. The number of hydrogen-bond acceptors (Lipinski definition) is 5. The molecular weight excluding hydrogens is 344 g/mol. The van der Waals surface area contributed by atoms with Gasteiger partial charge >= 0.3 is 0 Å². The van der Waals surface area contributed by atoms with Crippen molar-refractivity contribution in [2.45, 2.75) is 33.2 Å². The highest BCUT2D eigenvalue weighted by molar-refractivity contribution is 5.90. The van der Waals surface area contributed by atoms with Crippen LogP contribution in [0, 0.1) is 6.92 Å². The highest BCUT2D eigenvalue weighted by Gasteiger charge is 2.19. The lowest BCUT2D eigenvalue weighted by atomic mass is 10.0. The second kappa shape index (κ2) is 8.35. The molecule has 7 nitrogen and oxygen atoms in total.